The van der Waals surface area contributed by atoms with Crippen LogP contribution in [0, 0.1) is 0 Å². The Morgan fingerprint density at radius 3 is 2.34 bits per heavy atom. The lowest BCUT2D eigenvalue weighted by Gasteiger charge is -2.34. The van der Waals surface area contributed by atoms with Gasteiger partial charge in [-0.3, -0.25) is 9.36 Å². The van der Waals surface area contributed by atoms with E-state index in [2.05, 4.69) is 4.98 Å². The first kappa shape index (κ1) is 21.0. The number of nitrogens with zero attached hydrogens (tertiary/aromatic N) is 4. The maximum atomic E-state index is 13.2. The van der Waals surface area contributed by atoms with Crippen molar-refractivity contribution in [2.75, 3.05) is 26.2 Å². The minimum atomic E-state index is -4.81. The number of alkyl halides is 3. The summed E-state index contributed by atoms with van der Waals surface area (Å²) in [4.78, 5) is 28.0. The molecule has 0 saturated carbocycles. The first-order valence-electron chi connectivity index (χ1n) is 8.56. The maximum Gasteiger partial charge on any atom is 0.417 e. The van der Waals surface area contributed by atoms with Crippen LogP contribution in [-0.4, -0.2) is 59.3 Å². The summed E-state index contributed by atoms with van der Waals surface area (Å²) in [6.45, 7) is -0.552. The van der Waals surface area contributed by atoms with Crippen LogP contribution >= 0.6 is 0 Å². The quantitative estimate of drug-likeness (QED) is 0.715. The third-order valence-electron chi connectivity index (χ3n) is 4.49. The van der Waals surface area contributed by atoms with Crippen molar-refractivity contribution in [1.29, 1.82) is 0 Å². The number of halogens is 3. The van der Waals surface area contributed by atoms with Crippen LogP contribution in [0.1, 0.15) is 5.56 Å². The van der Waals surface area contributed by atoms with Gasteiger partial charge in [-0.15, -0.1) is 0 Å². The molecule has 29 heavy (non-hydrogen) atoms. The van der Waals surface area contributed by atoms with E-state index in [0.717, 1.165) is 27.1 Å². The summed E-state index contributed by atoms with van der Waals surface area (Å²) in [6, 6.07) is 5.49. The van der Waals surface area contributed by atoms with Gasteiger partial charge < -0.3 is 4.90 Å². The lowest BCUT2D eigenvalue weighted by Crippen LogP contribution is -2.51. The Morgan fingerprint density at radius 2 is 1.72 bits per heavy atom. The zero-order valence-electron chi connectivity index (χ0n) is 15.0. The maximum absolute atomic E-state index is 13.2. The lowest BCUT2D eigenvalue weighted by molar-refractivity contribution is -0.139. The summed E-state index contributed by atoms with van der Waals surface area (Å²) in [5.74, 6) is -0.409. The van der Waals surface area contributed by atoms with Crippen molar-refractivity contribution >= 4 is 15.9 Å². The van der Waals surface area contributed by atoms with Gasteiger partial charge in [0, 0.05) is 38.6 Å². The van der Waals surface area contributed by atoms with Crippen molar-refractivity contribution in [2.24, 2.45) is 0 Å². The molecular weight excluding hydrogens is 413 g/mol. The molecule has 0 spiro atoms. The summed E-state index contributed by atoms with van der Waals surface area (Å²) < 4.78 is 67.1. The van der Waals surface area contributed by atoms with Crippen LogP contribution in [-0.2, 0) is 27.5 Å². The first-order chi connectivity index (χ1) is 13.6. The third-order valence-corrected chi connectivity index (χ3v) is 6.45. The molecular formula is C17H17F3N4O4S. The average Bonchev–Trinajstić information content (AvgIpc) is 2.69. The monoisotopic (exact) mass is 430 g/mol. The fraction of sp³-hybridized carbons (Fsp3) is 0.353. The van der Waals surface area contributed by atoms with E-state index in [1.807, 2.05) is 0 Å². The van der Waals surface area contributed by atoms with E-state index >= 15 is 0 Å². The zero-order chi connectivity index (χ0) is 21.2. The van der Waals surface area contributed by atoms with E-state index in [4.69, 9.17) is 0 Å². The second-order valence-corrected chi connectivity index (χ2v) is 8.22. The van der Waals surface area contributed by atoms with E-state index in [9.17, 15) is 31.2 Å². The highest BCUT2D eigenvalue weighted by atomic mass is 32.2. The molecule has 1 fully saturated rings. The predicted molar refractivity (Wildman–Crippen MR) is 95.3 cm³/mol. The molecule has 8 nitrogen and oxygen atoms in total. The number of sulfonamides is 1. The van der Waals surface area contributed by atoms with Crippen molar-refractivity contribution in [3.05, 3.63) is 58.8 Å². The Hall–Kier alpha value is -2.73. The molecule has 2 aromatic rings. The molecule has 0 atom stereocenters. The van der Waals surface area contributed by atoms with Crippen molar-refractivity contribution in [2.45, 2.75) is 17.6 Å². The smallest absolute Gasteiger partial charge is 0.338 e. The fourth-order valence-electron chi connectivity index (χ4n) is 3.00. The molecule has 1 aliphatic rings. The Labute approximate surface area is 164 Å². The van der Waals surface area contributed by atoms with Gasteiger partial charge in [0.25, 0.3) is 0 Å². The summed E-state index contributed by atoms with van der Waals surface area (Å²) in [7, 11) is -4.38. The molecule has 12 heteroatoms. The summed E-state index contributed by atoms with van der Waals surface area (Å²) in [5.41, 5.74) is -1.82. The number of benzene rings is 1. The lowest BCUT2D eigenvalue weighted by atomic mass is 10.2. The van der Waals surface area contributed by atoms with Gasteiger partial charge in [0.1, 0.15) is 6.54 Å². The highest BCUT2D eigenvalue weighted by molar-refractivity contribution is 7.89. The number of hydrogen-bond donors (Lipinski definition) is 0. The normalized spacial score (nSPS) is 16.0. The molecule has 0 bridgehead atoms. The summed E-state index contributed by atoms with van der Waals surface area (Å²) in [5, 5.41) is 0. The molecule has 1 saturated heterocycles. The second-order valence-electron chi connectivity index (χ2n) is 6.31. The molecule has 0 unspecified atom stereocenters. The first-order valence-corrected chi connectivity index (χ1v) is 10.0. The minimum Gasteiger partial charge on any atom is -0.338 e. The van der Waals surface area contributed by atoms with Gasteiger partial charge in [-0.05, 0) is 18.2 Å². The molecule has 0 N–H and O–H groups in total. The van der Waals surface area contributed by atoms with Gasteiger partial charge in [-0.2, -0.15) is 17.5 Å². The highest BCUT2D eigenvalue weighted by Gasteiger charge is 2.39. The molecule has 0 aliphatic carbocycles. The molecule has 0 radical (unpaired) electrons. The SMILES string of the molecule is O=C(Cn1cccnc1=O)N1CCN(S(=O)(=O)c2ccccc2C(F)(F)F)CC1. The van der Waals surface area contributed by atoms with Crippen LogP contribution in [0.15, 0.2) is 52.4 Å². The standard InChI is InChI=1S/C17H17F3N4O4S/c18-17(19,20)13-4-1-2-5-14(13)29(27,28)24-10-8-22(9-11-24)15(25)12-23-7-3-6-21-16(23)26/h1-7H,8-12H2. The zero-order valence-corrected chi connectivity index (χ0v) is 15.9. The van der Waals surface area contributed by atoms with E-state index < -0.39 is 38.3 Å². The van der Waals surface area contributed by atoms with Gasteiger partial charge in [-0.1, -0.05) is 12.1 Å². The van der Waals surface area contributed by atoms with Gasteiger partial charge in [0.15, 0.2) is 0 Å². The van der Waals surface area contributed by atoms with Crippen molar-refractivity contribution < 1.29 is 26.4 Å². The van der Waals surface area contributed by atoms with Crippen LogP contribution in [0.5, 0.6) is 0 Å². The molecule has 1 amide bonds. The summed E-state index contributed by atoms with van der Waals surface area (Å²) >= 11 is 0. The van der Waals surface area contributed by atoms with E-state index in [-0.39, 0.29) is 32.7 Å². The molecule has 2 heterocycles. The number of rotatable bonds is 4. The number of aromatic nitrogens is 2. The number of carbonyl (C=O) groups is 1. The van der Waals surface area contributed by atoms with Gasteiger partial charge in [0.2, 0.25) is 15.9 Å². The molecule has 1 aromatic heterocycles. The van der Waals surface area contributed by atoms with Crippen molar-refractivity contribution in [1.82, 2.24) is 18.8 Å². The van der Waals surface area contributed by atoms with Crippen LogP contribution in [0.2, 0.25) is 0 Å². The van der Waals surface area contributed by atoms with E-state index in [1.165, 1.54) is 29.4 Å². The fourth-order valence-corrected chi connectivity index (χ4v) is 4.63. The van der Waals surface area contributed by atoms with Gasteiger partial charge in [-0.25, -0.2) is 18.2 Å². The van der Waals surface area contributed by atoms with Crippen molar-refractivity contribution in [3.8, 4) is 0 Å². The topological polar surface area (TPSA) is 92.6 Å². The Morgan fingerprint density at radius 1 is 1.07 bits per heavy atom. The average molecular weight is 430 g/mol. The number of amides is 1. The number of piperazine rings is 1. The minimum absolute atomic E-state index is 0.00125. The Balaban J connectivity index is 1.71. The van der Waals surface area contributed by atoms with E-state index in [0.29, 0.717) is 0 Å². The van der Waals surface area contributed by atoms with E-state index in [1.54, 1.807) is 0 Å². The third kappa shape index (κ3) is 4.48. The molecule has 156 valence electrons. The van der Waals surface area contributed by atoms with Crippen LogP contribution in [0.3, 0.4) is 0 Å². The van der Waals surface area contributed by atoms with Crippen LogP contribution < -0.4 is 5.69 Å². The highest BCUT2D eigenvalue weighted by Crippen LogP contribution is 2.35. The van der Waals surface area contributed by atoms with Gasteiger partial charge >= 0.3 is 11.9 Å². The van der Waals surface area contributed by atoms with Crippen LogP contribution in [0.25, 0.3) is 0 Å². The Bertz CT molecular complexity index is 1060. The Kier molecular flexibility index (Phi) is 5.75. The number of hydrogen-bond acceptors (Lipinski definition) is 5. The molecule has 3 rings (SSSR count). The van der Waals surface area contributed by atoms with Gasteiger partial charge in [0.05, 0.1) is 10.5 Å². The van der Waals surface area contributed by atoms with Crippen LogP contribution in [0.4, 0.5) is 13.2 Å². The van der Waals surface area contributed by atoms with Crippen molar-refractivity contribution in [3.63, 3.8) is 0 Å². The second kappa shape index (κ2) is 7.95. The summed E-state index contributed by atoms with van der Waals surface area (Å²) in [6.07, 6.45) is -2.10. The number of carbonyl (C=O) groups excluding carboxylic acids is 1. The molecule has 1 aliphatic heterocycles. The largest absolute Gasteiger partial charge is 0.417 e. The molecule has 1 aromatic carbocycles. The predicted octanol–water partition coefficient (Wildman–Crippen LogP) is 0.795.